The summed E-state index contributed by atoms with van der Waals surface area (Å²) in [5, 5.41) is 0. The molecule has 8 nitrogen and oxygen atoms in total. The topological polar surface area (TPSA) is 82.5 Å². The number of aromatic nitrogens is 3. The fraction of sp³-hybridized carbons (Fsp3) is 0.591. The molecule has 168 valence electrons. The summed E-state index contributed by atoms with van der Waals surface area (Å²) in [4.78, 5) is 16.5. The van der Waals surface area contributed by atoms with Gasteiger partial charge in [-0.05, 0) is 44.7 Å². The fourth-order valence-electron chi connectivity index (χ4n) is 4.67. The van der Waals surface area contributed by atoms with Gasteiger partial charge in [0.25, 0.3) is 10.2 Å². The second-order valence-electron chi connectivity index (χ2n) is 8.18. The third-order valence-corrected chi connectivity index (χ3v) is 8.47. The average molecular weight is 445 g/mol. The number of hydrogen-bond donors (Lipinski definition) is 0. The van der Waals surface area contributed by atoms with Crippen LogP contribution in [0.3, 0.4) is 0 Å². The van der Waals surface area contributed by atoms with E-state index in [1.165, 1.54) is 9.87 Å². The van der Waals surface area contributed by atoms with E-state index in [9.17, 15) is 8.42 Å². The normalized spacial score (nSPS) is 19.7. The Balaban J connectivity index is 1.68. The van der Waals surface area contributed by atoms with E-state index < -0.39 is 10.2 Å². The standard InChI is InChI=1S/C22H32N6O2S/c1-4-27(5-2)31(29,30)28-15-9-12-20(28)21-24-17(3)19-11-8-14-26(22(19)25-21)16-18-10-6-7-13-23-18/h6-7,10,13,20H,4-5,8-9,11-12,14-16H2,1-3H3. The van der Waals surface area contributed by atoms with Gasteiger partial charge in [-0.15, -0.1) is 0 Å². The van der Waals surface area contributed by atoms with Gasteiger partial charge in [0, 0.05) is 43.6 Å². The first-order valence-electron chi connectivity index (χ1n) is 11.2. The van der Waals surface area contributed by atoms with E-state index >= 15 is 0 Å². The highest BCUT2D eigenvalue weighted by Crippen LogP contribution is 2.36. The highest BCUT2D eigenvalue weighted by atomic mass is 32.2. The van der Waals surface area contributed by atoms with Crippen LogP contribution in [0.5, 0.6) is 0 Å². The molecular formula is C22H32N6O2S. The van der Waals surface area contributed by atoms with Crippen molar-refractivity contribution in [3.63, 3.8) is 0 Å². The summed E-state index contributed by atoms with van der Waals surface area (Å²) < 4.78 is 29.6. The van der Waals surface area contributed by atoms with Crippen molar-refractivity contribution in [2.75, 3.05) is 31.1 Å². The summed E-state index contributed by atoms with van der Waals surface area (Å²) >= 11 is 0. The summed E-state index contributed by atoms with van der Waals surface area (Å²) in [7, 11) is -3.53. The summed E-state index contributed by atoms with van der Waals surface area (Å²) in [5.41, 5.74) is 3.12. The second-order valence-corrected chi connectivity index (χ2v) is 10.1. The van der Waals surface area contributed by atoms with Crippen LogP contribution in [-0.2, 0) is 23.2 Å². The molecule has 2 aromatic rings. The Morgan fingerprint density at radius 1 is 1.13 bits per heavy atom. The smallest absolute Gasteiger partial charge is 0.282 e. The quantitative estimate of drug-likeness (QED) is 0.653. The molecule has 0 aromatic carbocycles. The number of aryl methyl sites for hydroxylation is 1. The molecule has 1 saturated heterocycles. The Bertz CT molecular complexity index is 1010. The maximum Gasteiger partial charge on any atom is 0.282 e. The highest BCUT2D eigenvalue weighted by Gasteiger charge is 2.40. The van der Waals surface area contributed by atoms with Crippen molar-refractivity contribution in [2.24, 2.45) is 0 Å². The van der Waals surface area contributed by atoms with Gasteiger partial charge in [-0.2, -0.15) is 17.0 Å². The summed E-state index contributed by atoms with van der Waals surface area (Å²) in [6.45, 7) is 8.81. The van der Waals surface area contributed by atoms with Gasteiger partial charge in [0.15, 0.2) is 0 Å². The monoisotopic (exact) mass is 444 g/mol. The third-order valence-electron chi connectivity index (χ3n) is 6.27. The number of pyridine rings is 1. The van der Waals surface area contributed by atoms with E-state index in [-0.39, 0.29) is 6.04 Å². The number of nitrogens with zero attached hydrogens (tertiary/aromatic N) is 6. The van der Waals surface area contributed by atoms with Crippen LogP contribution in [-0.4, -0.2) is 58.2 Å². The molecule has 2 aliphatic rings. The molecule has 9 heteroatoms. The molecule has 1 atom stereocenters. The zero-order valence-corrected chi connectivity index (χ0v) is 19.5. The summed E-state index contributed by atoms with van der Waals surface area (Å²) in [6.07, 6.45) is 5.38. The van der Waals surface area contributed by atoms with E-state index in [0.29, 0.717) is 32.0 Å². The molecular weight excluding hydrogens is 412 g/mol. The molecule has 0 spiro atoms. The Kier molecular flexibility index (Phi) is 6.55. The van der Waals surface area contributed by atoms with Crippen molar-refractivity contribution < 1.29 is 8.42 Å². The molecule has 2 aliphatic heterocycles. The minimum Gasteiger partial charge on any atom is -0.350 e. The largest absolute Gasteiger partial charge is 0.350 e. The van der Waals surface area contributed by atoms with Crippen molar-refractivity contribution in [3.8, 4) is 0 Å². The molecule has 0 radical (unpaired) electrons. The number of hydrogen-bond acceptors (Lipinski definition) is 6. The van der Waals surface area contributed by atoms with Crippen LogP contribution in [0.2, 0.25) is 0 Å². The maximum atomic E-state index is 13.2. The molecule has 0 bridgehead atoms. The lowest BCUT2D eigenvalue weighted by Crippen LogP contribution is -2.43. The van der Waals surface area contributed by atoms with Gasteiger partial charge in [0.1, 0.15) is 11.6 Å². The van der Waals surface area contributed by atoms with E-state index in [1.54, 1.807) is 4.31 Å². The van der Waals surface area contributed by atoms with Gasteiger partial charge in [-0.25, -0.2) is 9.97 Å². The van der Waals surface area contributed by atoms with Crippen LogP contribution >= 0.6 is 0 Å². The minimum atomic E-state index is -3.53. The molecule has 0 amide bonds. The summed E-state index contributed by atoms with van der Waals surface area (Å²) in [5.74, 6) is 1.56. The van der Waals surface area contributed by atoms with Gasteiger partial charge in [-0.3, -0.25) is 4.98 Å². The Labute approximate surface area is 185 Å². The van der Waals surface area contributed by atoms with Crippen LogP contribution in [0, 0.1) is 6.92 Å². The molecule has 0 saturated carbocycles. The number of rotatable bonds is 7. The maximum absolute atomic E-state index is 13.2. The highest BCUT2D eigenvalue weighted by molar-refractivity contribution is 7.86. The van der Waals surface area contributed by atoms with Crippen LogP contribution < -0.4 is 4.90 Å². The number of anilines is 1. The van der Waals surface area contributed by atoms with Gasteiger partial charge >= 0.3 is 0 Å². The van der Waals surface area contributed by atoms with Gasteiger partial charge in [0.05, 0.1) is 18.3 Å². The fourth-order valence-corrected chi connectivity index (χ4v) is 6.50. The first-order chi connectivity index (χ1) is 15.0. The van der Waals surface area contributed by atoms with Crippen molar-refractivity contribution in [1.82, 2.24) is 23.6 Å². The van der Waals surface area contributed by atoms with Crippen LogP contribution in [0.1, 0.15) is 61.9 Å². The lowest BCUT2D eigenvalue weighted by Gasteiger charge is -2.33. The molecule has 1 unspecified atom stereocenters. The van der Waals surface area contributed by atoms with Crippen molar-refractivity contribution in [2.45, 2.75) is 59.0 Å². The van der Waals surface area contributed by atoms with Crippen molar-refractivity contribution in [1.29, 1.82) is 0 Å². The summed E-state index contributed by atoms with van der Waals surface area (Å²) in [6, 6.07) is 5.63. The molecule has 2 aromatic heterocycles. The molecule has 31 heavy (non-hydrogen) atoms. The molecule has 0 aliphatic carbocycles. The number of fused-ring (bicyclic) bond motifs is 1. The minimum absolute atomic E-state index is 0.312. The van der Waals surface area contributed by atoms with E-state index in [0.717, 1.165) is 49.4 Å². The first kappa shape index (κ1) is 22.1. The second kappa shape index (κ2) is 9.18. The van der Waals surface area contributed by atoms with Crippen LogP contribution in [0.15, 0.2) is 24.4 Å². The SMILES string of the molecule is CCN(CC)S(=O)(=O)N1CCCC1c1nc(C)c2c(n1)N(Cc1ccccn1)CCC2. The van der Waals surface area contributed by atoms with Crippen molar-refractivity contribution in [3.05, 3.63) is 47.2 Å². The third kappa shape index (κ3) is 4.31. The molecule has 1 fully saturated rings. The first-order valence-corrected chi connectivity index (χ1v) is 12.6. The molecule has 4 heterocycles. The van der Waals surface area contributed by atoms with Crippen LogP contribution in [0.25, 0.3) is 0 Å². The van der Waals surface area contributed by atoms with Gasteiger partial charge in [0.2, 0.25) is 0 Å². The van der Waals surface area contributed by atoms with Gasteiger partial charge in [-0.1, -0.05) is 19.9 Å². The van der Waals surface area contributed by atoms with E-state index in [4.69, 9.17) is 9.97 Å². The zero-order chi connectivity index (χ0) is 22.0. The predicted molar refractivity (Wildman–Crippen MR) is 121 cm³/mol. The predicted octanol–water partition coefficient (Wildman–Crippen LogP) is 2.86. The average Bonchev–Trinajstić information content (AvgIpc) is 3.27. The van der Waals surface area contributed by atoms with E-state index in [2.05, 4.69) is 9.88 Å². The lowest BCUT2D eigenvalue weighted by atomic mass is 10.0. The Morgan fingerprint density at radius 2 is 1.94 bits per heavy atom. The zero-order valence-electron chi connectivity index (χ0n) is 18.7. The Hall–Kier alpha value is -2.10. The lowest BCUT2D eigenvalue weighted by molar-refractivity contribution is 0.330. The van der Waals surface area contributed by atoms with Crippen molar-refractivity contribution >= 4 is 16.0 Å². The molecule has 0 N–H and O–H groups in total. The van der Waals surface area contributed by atoms with Gasteiger partial charge < -0.3 is 4.90 Å². The Morgan fingerprint density at radius 3 is 2.65 bits per heavy atom. The molecule has 4 rings (SSSR count). The van der Waals surface area contributed by atoms with E-state index in [1.807, 2.05) is 45.2 Å². The van der Waals surface area contributed by atoms with Crippen LogP contribution in [0.4, 0.5) is 5.82 Å².